The van der Waals surface area contributed by atoms with Gasteiger partial charge in [-0.05, 0) is 43.0 Å². The summed E-state index contributed by atoms with van der Waals surface area (Å²) in [7, 11) is 0. The Bertz CT molecular complexity index is 424. The average Bonchev–Trinajstić information content (AvgIpc) is 2.23. The van der Waals surface area contributed by atoms with Crippen molar-refractivity contribution < 1.29 is 9.84 Å². The maximum Gasteiger partial charge on any atom is 0.0601 e. The van der Waals surface area contributed by atoms with E-state index in [1.165, 1.54) is 22.3 Å². The van der Waals surface area contributed by atoms with Gasteiger partial charge in [0.25, 0.3) is 0 Å². The molecule has 1 aromatic carbocycles. The molecule has 3 heteroatoms. The van der Waals surface area contributed by atoms with Crippen LogP contribution in [0.25, 0.3) is 0 Å². The standard InChI is InChI=1S/C14H21NO2/c1-9-4-11(3)12(5-10(9)2)14(7-17-8-14)13(15)6-16/h4-5,13,16H,6-8,15H2,1-3H3. The zero-order valence-electron chi connectivity index (χ0n) is 10.8. The fraction of sp³-hybridized carbons (Fsp3) is 0.571. The summed E-state index contributed by atoms with van der Waals surface area (Å²) in [5.74, 6) is 0. The van der Waals surface area contributed by atoms with E-state index < -0.39 is 0 Å². The number of hydrogen-bond acceptors (Lipinski definition) is 3. The number of nitrogens with two attached hydrogens (primary N) is 1. The number of aliphatic hydroxyl groups is 1. The average molecular weight is 235 g/mol. The van der Waals surface area contributed by atoms with Gasteiger partial charge in [-0.2, -0.15) is 0 Å². The van der Waals surface area contributed by atoms with Gasteiger partial charge in [0.05, 0.1) is 25.2 Å². The first-order chi connectivity index (χ1) is 8.01. The summed E-state index contributed by atoms with van der Waals surface area (Å²) in [6.07, 6.45) is 0. The van der Waals surface area contributed by atoms with E-state index in [4.69, 9.17) is 10.5 Å². The third kappa shape index (κ3) is 1.88. The molecule has 0 amide bonds. The van der Waals surface area contributed by atoms with Gasteiger partial charge in [0, 0.05) is 6.04 Å². The van der Waals surface area contributed by atoms with Crippen molar-refractivity contribution in [3.8, 4) is 0 Å². The fourth-order valence-corrected chi connectivity index (χ4v) is 2.56. The van der Waals surface area contributed by atoms with Gasteiger partial charge in [-0.15, -0.1) is 0 Å². The monoisotopic (exact) mass is 235 g/mol. The maximum absolute atomic E-state index is 9.33. The largest absolute Gasteiger partial charge is 0.395 e. The topological polar surface area (TPSA) is 55.5 Å². The second-order valence-electron chi connectivity index (χ2n) is 5.19. The Kier molecular flexibility index (Phi) is 3.25. The van der Waals surface area contributed by atoms with Crippen molar-refractivity contribution in [1.82, 2.24) is 0 Å². The molecule has 1 fully saturated rings. The van der Waals surface area contributed by atoms with Gasteiger partial charge >= 0.3 is 0 Å². The van der Waals surface area contributed by atoms with Gasteiger partial charge in [0.15, 0.2) is 0 Å². The van der Waals surface area contributed by atoms with Crippen LogP contribution >= 0.6 is 0 Å². The van der Waals surface area contributed by atoms with Crippen molar-refractivity contribution in [2.75, 3.05) is 19.8 Å². The predicted octanol–water partition coefficient (Wildman–Crippen LogP) is 1.20. The first-order valence-corrected chi connectivity index (χ1v) is 6.04. The Balaban J connectivity index is 2.48. The predicted molar refractivity (Wildman–Crippen MR) is 68.2 cm³/mol. The van der Waals surface area contributed by atoms with Gasteiger partial charge in [-0.1, -0.05) is 12.1 Å². The number of aliphatic hydroxyl groups excluding tert-OH is 1. The van der Waals surface area contributed by atoms with Crippen LogP contribution in [0, 0.1) is 20.8 Å². The summed E-state index contributed by atoms with van der Waals surface area (Å²) in [4.78, 5) is 0. The summed E-state index contributed by atoms with van der Waals surface area (Å²) in [6, 6.07) is 4.13. The molecule has 1 atom stereocenters. The fourth-order valence-electron chi connectivity index (χ4n) is 2.56. The molecule has 1 unspecified atom stereocenters. The van der Waals surface area contributed by atoms with Gasteiger partial charge < -0.3 is 15.6 Å². The highest BCUT2D eigenvalue weighted by molar-refractivity contribution is 5.43. The molecule has 17 heavy (non-hydrogen) atoms. The van der Waals surface area contributed by atoms with E-state index in [0.717, 1.165) is 0 Å². The van der Waals surface area contributed by atoms with Crippen molar-refractivity contribution in [3.63, 3.8) is 0 Å². The van der Waals surface area contributed by atoms with Crippen molar-refractivity contribution in [2.45, 2.75) is 32.2 Å². The molecule has 0 radical (unpaired) electrons. The summed E-state index contributed by atoms with van der Waals surface area (Å²) in [5.41, 5.74) is 10.9. The minimum atomic E-state index is -0.253. The lowest BCUT2D eigenvalue weighted by molar-refractivity contribution is -0.0801. The number of ether oxygens (including phenoxy) is 1. The third-order valence-corrected chi connectivity index (χ3v) is 4.00. The number of benzene rings is 1. The molecule has 1 aliphatic heterocycles. The number of rotatable bonds is 3. The molecule has 2 rings (SSSR count). The minimum Gasteiger partial charge on any atom is -0.395 e. The van der Waals surface area contributed by atoms with Crippen LogP contribution in [0.4, 0.5) is 0 Å². The van der Waals surface area contributed by atoms with Gasteiger partial charge in [-0.3, -0.25) is 0 Å². The van der Waals surface area contributed by atoms with Crippen LogP contribution in [0.15, 0.2) is 12.1 Å². The van der Waals surface area contributed by atoms with Crippen molar-refractivity contribution in [3.05, 3.63) is 34.4 Å². The quantitative estimate of drug-likeness (QED) is 0.827. The first-order valence-electron chi connectivity index (χ1n) is 6.04. The molecular weight excluding hydrogens is 214 g/mol. The molecule has 94 valence electrons. The van der Waals surface area contributed by atoms with E-state index in [1.54, 1.807) is 0 Å². The van der Waals surface area contributed by atoms with Crippen LogP contribution < -0.4 is 5.73 Å². The number of aryl methyl sites for hydroxylation is 3. The van der Waals surface area contributed by atoms with Crippen molar-refractivity contribution in [1.29, 1.82) is 0 Å². The SMILES string of the molecule is Cc1cc(C)c(C2(C(N)CO)COC2)cc1C. The van der Waals surface area contributed by atoms with Crippen LogP contribution in [-0.2, 0) is 10.2 Å². The Morgan fingerprint density at radius 3 is 2.29 bits per heavy atom. The smallest absolute Gasteiger partial charge is 0.0601 e. The molecule has 0 spiro atoms. The van der Waals surface area contributed by atoms with Crippen molar-refractivity contribution in [2.24, 2.45) is 5.73 Å². The van der Waals surface area contributed by atoms with Crippen LogP contribution in [0.2, 0.25) is 0 Å². The summed E-state index contributed by atoms with van der Waals surface area (Å²) in [6.45, 7) is 7.54. The lowest BCUT2D eigenvalue weighted by atomic mass is 9.70. The van der Waals surface area contributed by atoms with E-state index in [0.29, 0.717) is 13.2 Å². The van der Waals surface area contributed by atoms with E-state index in [-0.39, 0.29) is 18.1 Å². The highest BCUT2D eigenvalue weighted by atomic mass is 16.5. The molecule has 0 aliphatic carbocycles. The van der Waals surface area contributed by atoms with Crippen molar-refractivity contribution >= 4 is 0 Å². The minimum absolute atomic E-state index is 0.00424. The first kappa shape index (κ1) is 12.6. The Hall–Kier alpha value is -0.900. The zero-order chi connectivity index (χ0) is 12.6. The van der Waals surface area contributed by atoms with E-state index >= 15 is 0 Å². The Morgan fingerprint density at radius 2 is 1.82 bits per heavy atom. The zero-order valence-corrected chi connectivity index (χ0v) is 10.8. The van der Waals surface area contributed by atoms with Crippen LogP contribution in [0.5, 0.6) is 0 Å². The third-order valence-electron chi connectivity index (χ3n) is 4.00. The van der Waals surface area contributed by atoms with Gasteiger partial charge in [-0.25, -0.2) is 0 Å². The summed E-state index contributed by atoms with van der Waals surface area (Å²) < 4.78 is 5.35. The van der Waals surface area contributed by atoms with E-state index in [2.05, 4.69) is 32.9 Å². The number of hydrogen-bond donors (Lipinski definition) is 2. The van der Waals surface area contributed by atoms with E-state index in [1.807, 2.05) is 0 Å². The van der Waals surface area contributed by atoms with Gasteiger partial charge in [0.2, 0.25) is 0 Å². The molecule has 3 N–H and O–H groups in total. The lowest BCUT2D eigenvalue weighted by Crippen LogP contribution is -2.60. The summed E-state index contributed by atoms with van der Waals surface area (Å²) in [5, 5.41) is 9.33. The maximum atomic E-state index is 9.33. The van der Waals surface area contributed by atoms with Crippen LogP contribution in [0.1, 0.15) is 22.3 Å². The Labute approximate surface area is 103 Å². The highest BCUT2D eigenvalue weighted by Crippen LogP contribution is 2.37. The highest BCUT2D eigenvalue weighted by Gasteiger charge is 2.46. The molecule has 1 aromatic rings. The Morgan fingerprint density at radius 1 is 1.24 bits per heavy atom. The normalized spacial score (nSPS) is 19.8. The molecular formula is C14H21NO2. The second kappa shape index (κ2) is 4.41. The summed E-state index contributed by atoms with van der Waals surface area (Å²) >= 11 is 0. The molecule has 3 nitrogen and oxygen atoms in total. The van der Waals surface area contributed by atoms with E-state index in [9.17, 15) is 5.11 Å². The molecule has 0 aromatic heterocycles. The second-order valence-corrected chi connectivity index (χ2v) is 5.19. The molecule has 1 heterocycles. The van der Waals surface area contributed by atoms with Gasteiger partial charge in [0.1, 0.15) is 0 Å². The molecule has 1 aliphatic rings. The van der Waals surface area contributed by atoms with Crippen LogP contribution in [-0.4, -0.2) is 31.0 Å². The van der Waals surface area contributed by atoms with Crippen LogP contribution in [0.3, 0.4) is 0 Å². The molecule has 1 saturated heterocycles. The molecule has 0 bridgehead atoms. The lowest BCUT2D eigenvalue weighted by Gasteiger charge is -2.46. The molecule has 0 saturated carbocycles.